The molecule has 0 spiro atoms. The first-order valence-corrected chi connectivity index (χ1v) is 5.96. The Morgan fingerprint density at radius 3 is 2.65 bits per heavy atom. The van der Waals surface area contributed by atoms with Crippen LogP contribution >= 0.6 is 0 Å². The van der Waals surface area contributed by atoms with Crippen molar-refractivity contribution in [1.29, 1.82) is 0 Å². The number of anilines is 1. The van der Waals surface area contributed by atoms with Crippen LogP contribution in [0.2, 0.25) is 0 Å². The van der Waals surface area contributed by atoms with Gasteiger partial charge in [0.05, 0.1) is 12.2 Å². The zero-order valence-corrected chi connectivity index (χ0v) is 10.3. The maximum absolute atomic E-state index is 13.2. The van der Waals surface area contributed by atoms with Crippen LogP contribution in [0.25, 0.3) is 0 Å². The van der Waals surface area contributed by atoms with Gasteiger partial charge in [-0.15, -0.1) is 0 Å². The minimum atomic E-state index is -0.233. The first-order chi connectivity index (χ1) is 8.04. The van der Waals surface area contributed by atoms with Gasteiger partial charge in [0, 0.05) is 25.3 Å². The van der Waals surface area contributed by atoms with Crippen LogP contribution < -0.4 is 5.73 Å². The van der Waals surface area contributed by atoms with E-state index in [0.29, 0.717) is 12.2 Å². The Bertz CT molecular complexity index is 387. The number of benzene rings is 1. The van der Waals surface area contributed by atoms with Gasteiger partial charge in [0.25, 0.3) is 0 Å². The summed E-state index contributed by atoms with van der Waals surface area (Å²) in [5.41, 5.74) is 7.36. The highest BCUT2D eigenvalue weighted by Gasteiger charge is 2.22. The van der Waals surface area contributed by atoms with Gasteiger partial charge in [0.15, 0.2) is 0 Å². The second-order valence-electron chi connectivity index (χ2n) is 4.79. The van der Waals surface area contributed by atoms with Gasteiger partial charge in [0.2, 0.25) is 0 Å². The average molecular weight is 238 g/mol. The van der Waals surface area contributed by atoms with Gasteiger partial charge in [-0.1, -0.05) is 0 Å². The van der Waals surface area contributed by atoms with Crippen LogP contribution in [0.3, 0.4) is 0 Å². The molecule has 17 heavy (non-hydrogen) atoms. The lowest BCUT2D eigenvalue weighted by atomic mass is 10.1. The van der Waals surface area contributed by atoms with Crippen LogP contribution in [0.4, 0.5) is 10.1 Å². The van der Waals surface area contributed by atoms with Crippen molar-refractivity contribution in [2.24, 2.45) is 0 Å². The number of nitrogens with two attached hydrogens (primary N) is 1. The van der Waals surface area contributed by atoms with Crippen molar-refractivity contribution < 1.29 is 9.13 Å². The van der Waals surface area contributed by atoms with E-state index in [9.17, 15) is 4.39 Å². The molecule has 1 aliphatic heterocycles. The summed E-state index contributed by atoms with van der Waals surface area (Å²) in [7, 11) is 0. The van der Waals surface area contributed by atoms with Crippen LogP contribution in [0, 0.1) is 5.82 Å². The summed E-state index contributed by atoms with van der Waals surface area (Å²) in [5, 5.41) is 0. The number of hydrogen-bond acceptors (Lipinski definition) is 3. The van der Waals surface area contributed by atoms with E-state index < -0.39 is 0 Å². The Morgan fingerprint density at radius 1 is 1.35 bits per heavy atom. The maximum atomic E-state index is 13.2. The van der Waals surface area contributed by atoms with E-state index in [4.69, 9.17) is 10.5 Å². The normalized spacial score (nSPS) is 26.1. The second kappa shape index (κ2) is 5.02. The molecule has 2 rings (SSSR count). The van der Waals surface area contributed by atoms with Gasteiger partial charge < -0.3 is 10.5 Å². The molecule has 0 aromatic heterocycles. The molecular formula is C13H19FN2O. The molecule has 2 N–H and O–H groups in total. The predicted octanol–water partition coefficient (Wildman–Crippen LogP) is 2.02. The third-order valence-corrected chi connectivity index (χ3v) is 2.99. The average Bonchev–Trinajstić information content (AvgIpc) is 2.22. The molecule has 0 aliphatic carbocycles. The van der Waals surface area contributed by atoms with Gasteiger partial charge in [-0.3, -0.25) is 4.90 Å². The van der Waals surface area contributed by atoms with Crippen molar-refractivity contribution in [3.8, 4) is 0 Å². The molecular weight excluding hydrogens is 219 g/mol. The lowest BCUT2D eigenvalue weighted by Crippen LogP contribution is -2.44. The van der Waals surface area contributed by atoms with E-state index in [2.05, 4.69) is 18.7 Å². The van der Waals surface area contributed by atoms with E-state index in [1.54, 1.807) is 6.07 Å². The smallest absolute Gasteiger partial charge is 0.123 e. The zero-order chi connectivity index (χ0) is 12.4. The Morgan fingerprint density at radius 2 is 2.00 bits per heavy atom. The summed E-state index contributed by atoms with van der Waals surface area (Å²) >= 11 is 0. The minimum absolute atomic E-state index is 0.216. The fourth-order valence-corrected chi connectivity index (χ4v) is 2.37. The van der Waals surface area contributed by atoms with Crippen molar-refractivity contribution in [2.75, 3.05) is 18.8 Å². The number of morpholine rings is 1. The van der Waals surface area contributed by atoms with E-state index in [1.165, 1.54) is 12.1 Å². The molecule has 3 nitrogen and oxygen atoms in total. The summed E-state index contributed by atoms with van der Waals surface area (Å²) in [6, 6.07) is 4.53. The molecule has 1 aromatic carbocycles. The highest BCUT2D eigenvalue weighted by atomic mass is 19.1. The third-order valence-electron chi connectivity index (χ3n) is 2.99. The van der Waals surface area contributed by atoms with Crippen molar-refractivity contribution in [3.63, 3.8) is 0 Å². The van der Waals surface area contributed by atoms with E-state index in [-0.39, 0.29) is 18.0 Å². The van der Waals surface area contributed by atoms with E-state index >= 15 is 0 Å². The van der Waals surface area contributed by atoms with Crippen LogP contribution in [-0.4, -0.2) is 30.2 Å². The Balaban J connectivity index is 2.07. The highest BCUT2D eigenvalue weighted by molar-refractivity contribution is 5.46. The summed E-state index contributed by atoms with van der Waals surface area (Å²) < 4.78 is 18.8. The van der Waals surface area contributed by atoms with Gasteiger partial charge in [-0.25, -0.2) is 4.39 Å². The number of ether oxygens (including phenoxy) is 1. The summed E-state index contributed by atoms with van der Waals surface area (Å²) in [6.45, 7) is 6.51. The lowest BCUT2D eigenvalue weighted by Gasteiger charge is -2.35. The molecule has 0 radical (unpaired) electrons. The molecule has 0 amide bonds. The molecule has 0 saturated carbocycles. The monoisotopic (exact) mass is 238 g/mol. The maximum Gasteiger partial charge on any atom is 0.123 e. The van der Waals surface area contributed by atoms with Crippen molar-refractivity contribution >= 4 is 5.69 Å². The van der Waals surface area contributed by atoms with E-state index in [0.717, 1.165) is 18.7 Å². The Kier molecular flexibility index (Phi) is 3.64. The van der Waals surface area contributed by atoms with Crippen molar-refractivity contribution in [2.45, 2.75) is 32.6 Å². The molecule has 1 aliphatic rings. The first kappa shape index (κ1) is 12.3. The summed E-state index contributed by atoms with van der Waals surface area (Å²) in [5.74, 6) is -0.233. The van der Waals surface area contributed by atoms with Crippen LogP contribution in [0.5, 0.6) is 0 Å². The lowest BCUT2D eigenvalue weighted by molar-refractivity contribution is -0.0704. The molecule has 1 saturated heterocycles. The Labute approximate surface area is 101 Å². The molecule has 1 aromatic rings. The number of halogens is 1. The molecule has 94 valence electrons. The number of rotatable bonds is 2. The molecule has 1 fully saturated rings. The zero-order valence-electron chi connectivity index (χ0n) is 10.3. The number of nitrogens with zero attached hydrogens (tertiary/aromatic N) is 1. The molecule has 4 heteroatoms. The van der Waals surface area contributed by atoms with Gasteiger partial charge in [-0.2, -0.15) is 0 Å². The second-order valence-corrected chi connectivity index (χ2v) is 4.79. The minimum Gasteiger partial charge on any atom is -0.398 e. The SMILES string of the molecule is C[C@@H]1CN(Cc2cc(F)ccc2N)C[C@H](C)O1. The first-order valence-electron chi connectivity index (χ1n) is 5.96. The summed E-state index contributed by atoms with van der Waals surface area (Å²) in [4.78, 5) is 2.25. The van der Waals surface area contributed by atoms with Crippen LogP contribution in [0.1, 0.15) is 19.4 Å². The molecule has 2 atom stereocenters. The number of nitrogen functional groups attached to an aromatic ring is 1. The largest absolute Gasteiger partial charge is 0.398 e. The van der Waals surface area contributed by atoms with Crippen molar-refractivity contribution in [3.05, 3.63) is 29.6 Å². The number of hydrogen-bond donors (Lipinski definition) is 1. The predicted molar refractivity (Wildman–Crippen MR) is 66.1 cm³/mol. The fourth-order valence-electron chi connectivity index (χ4n) is 2.37. The van der Waals surface area contributed by atoms with Crippen LogP contribution in [-0.2, 0) is 11.3 Å². The van der Waals surface area contributed by atoms with Crippen LogP contribution in [0.15, 0.2) is 18.2 Å². The molecule has 0 unspecified atom stereocenters. The standard InChI is InChI=1S/C13H19FN2O/c1-9-6-16(7-10(2)17-9)8-11-5-12(14)3-4-13(11)15/h3-5,9-10H,6-8,15H2,1-2H3/t9-,10+. The molecule has 0 bridgehead atoms. The van der Waals surface area contributed by atoms with E-state index in [1.807, 2.05) is 0 Å². The van der Waals surface area contributed by atoms with Crippen molar-refractivity contribution in [1.82, 2.24) is 4.90 Å². The fraction of sp³-hybridized carbons (Fsp3) is 0.538. The summed E-state index contributed by atoms with van der Waals surface area (Å²) in [6.07, 6.45) is 0.432. The van der Waals surface area contributed by atoms with Gasteiger partial charge in [-0.05, 0) is 37.6 Å². The quantitative estimate of drug-likeness (QED) is 0.801. The Hall–Kier alpha value is -1.13. The van der Waals surface area contributed by atoms with Gasteiger partial charge >= 0.3 is 0 Å². The topological polar surface area (TPSA) is 38.5 Å². The third kappa shape index (κ3) is 3.17. The molecule has 1 heterocycles. The van der Waals surface area contributed by atoms with Gasteiger partial charge in [0.1, 0.15) is 5.82 Å². The highest BCUT2D eigenvalue weighted by Crippen LogP contribution is 2.19.